The third-order valence-electron chi connectivity index (χ3n) is 4.58. The number of rotatable bonds is 5. The first kappa shape index (κ1) is 14.5. The number of piperidine rings is 1. The maximum absolute atomic E-state index is 6.47. The van der Waals surface area contributed by atoms with Crippen LogP contribution in [0, 0.1) is 0 Å². The van der Waals surface area contributed by atoms with Gasteiger partial charge in [-0.15, -0.1) is 0 Å². The monoisotopic (exact) mass is 264 g/mol. The predicted molar refractivity (Wildman–Crippen MR) is 79.0 cm³/mol. The number of aryl methyl sites for hydroxylation is 2. The second-order valence-corrected chi connectivity index (χ2v) is 6.37. The van der Waals surface area contributed by atoms with E-state index in [1.165, 1.54) is 37.9 Å². The van der Waals surface area contributed by atoms with Gasteiger partial charge in [0.2, 0.25) is 0 Å². The first-order chi connectivity index (χ1) is 9.00. The smallest absolute Gasteiger partial charge is 0.0521 e. The Hall–Kier alpha value is -0.870. The first-order valence-corrected chi connectivity index (χ1v) is 7.48. The van der Waals surface area contributed by atoms with Crippen LogP contribution in [-0.4, -0.2) is 39.4 Å². The fourth-order valence-electron chi connectivity index (χ4n) is 2.98. The quantitative estimate of drug-likeness (QED) is 0.884. The van der Waals surface area contributed by atoms with Crippen molar-refractivity contribution in [3.63, 3.8) is 0 Å². The highest BCUT2D eigenvalue weighted by Crippen LogP contribution is 2.25. The van der Waals surface area contributed by atoms with Gasteiger partial charge in [-0.05, 0) is 58.2 Å². The van der Waals surface area contributed by atoms with Gasteiger partial charge in [-0.25, -0.2) is 0 Å². The number of likely N-dealkylation sites (tertiary alicyclic amines) is 1. The van der Waals surface area contributed by atoms with Crippen LogP contribution < -0.4 is 5.73 Å². The molecule has 1 atom stereocenters. The second kappa shape index (κ2) is 6.06. The Morgan fingerprint density at radius 1 is 1.32 bits per heavy atom. The standard InChI is InChI=1S/C15H28N4/c1-15(2,19-9-5-4-6-10-19)14(16)8-7-13-11-17-18(3)12-13/h11-12,14H,4-10,16H2,1-3H3. The molecule has 1 unspecified atom stereocenters. The minimum atomic E-state index is 0.0998. The maximum Gasteiger partial charge on any atom is 0.0521 e. The van der Waals surface area contributed by atoms with Gasteiger partial charge in [-0.1, -0.05) is 6.42 Å². The third kappa shape index (κ3) is 3.57. The van der Waals surface area contributed by atoms with Crippen molar-refractivity contribution in [3.05, 3.63) is 18.0 Å². The molecule has 2 rings (SSSR count). The molecular formula is C15H28N4. The van der Waals surface area contributed by atoms with E-state index in [0.717, 1.165) is 12.8 Å². The van der Waals surface area contributed by atoms with Crippen LogP contribution in [-0.2, 0) is 13.5 Å². The third-order valence-corrected chi connectivity index (χ3v) is 4.58. The van der Waals surface area contributed by atoms with E-state index in [1.54, 1.807) is 0 Å². The first-order valence-electron chi connectivity index (χ1n) is 7.48. The lowest BCUT2D eigenvalue weighted by molar-refractivity contribution is 0.0707. The van der Waals surface area contributed by atoms with Crippen molar-refractivity contribution in [2.75, 3.05) is 13.1 Å². The van der Waals surface area contributed by atoms with Crippen LogP contribution in [0.5, 0.6) is 0 Å². The van der Waals surface area contributed by atoms with Gasteiger partial charge >= 0.3 is 0 Å². The minimum absolute atomic E-state index is 0.0998. The molecule has 1 fully saturated rings. The number of aromatic nitrogens is 2. The minimum Gasteiger partial charge on any atom is -0.326 e. The van der Waals surface area contributed by atoms with E-state index in [1.807, 2.05) is 17.9 Å². The van der Waals surface area contributed by atoms with Gasteiger partial charge in [-0.2, -0.15) is 5.10 Å². The molecule has 1 saturated heterocycles. The van der Waals surface area contributed by atoms with Crippen molar-refractivity contribution in [2.24, 2.45) is 12.8 Å². The summed E-state index contributed by atoms with van der Waals surface area (Å²) < 4.78 is 1.86. The van der Waals surface area contributed by atoms with Gasteiger partial charge in [0.15, 0.2) is 0 Å². The van der Waals surface area contributed by atoms with Crippen molar-refractivity contribution in [1.29, 1.82) is 0 Å². The summed E-state index contributed by atoms with van der Waals surface area (Å²) in [5, 5.41) is 4.21. The Labute approximate surface area is 117 Å². The van der Waals surface area contributed by atoms with Crippen LogP contribution in [0.25, 0.3) is 0 Å². The average Bonchev–Trinajstić information content (AvgIpc) is 2.82. The summed E-state index contributed by atoms with van der Waals surface area (Å²) in [6.45, 7) is 7.00. The lowest BCUT2D eigenvalue weighted by Gasteiger charge is -2.44. The molecule has 0 saturated carbocycles. The fraction of sp³-hybridized carbons (Fsp3) is 0.800. The van der Waals surface area contributed by atoms with Gasteiger partial charge in [0.1, 0.15) is 0 Å². The molecule has 0 amide bonds. The zero-order valence-electron chi connectivity index (χ0n) is 12.6. The van der Waals surface area contributed by atoms with Crippen molar-refractivity contribution < 1.29 is 0 Å². The molecule has 1 aromatic rings. The van der Waals surface area contributed by atoms with Crippen LogP contribution in [0.1, 0.15) is 45.1 Å². The largest absolute Gasteiger partial charge is 0.326 e. The highest BCUT2D eigenvalue weighted by molar-refractivity contribution is 5.05. The SMILES string of the molecule is Cn1cc(CCC(N)C(C)(C)N2CCCCC2)cn1. The molecule has 0 aliphatic carbocycles. The highest BCUT2D eigenvalue weighted by atomic mass is 15.2. The predicted octanol–water partition coefficient (Wildman–Crippen LogP) is 1.94. The molecule has 1 aromatic heterocycles. The molecule has 2 N–H and O–H groups in total. The summed E-state index contributed by atoms with van der Waals surface area (Å²) in [7, 11) is 1.96. The van der Waals surface area contributed by atoms with Gasteiger partial charge in [-0.3, -0.25) is 9.58 Å². The zero-order valence-corrected chi connectivity index (χ0v) is 12.6. The zero-order chi connectivity index (χ0) is 13.9. The lowest BCUT2D eigenvalue weighted by atomic mass is 9.87. The van der Waals surface area contributed by atoms with Crippen LogP contribution in [0.3, 0.4) is 0 Å². The number of hydrogen-bond acceptors (Lipinski definition) is 3. The van der Waals surface area contributed by atoms with E-state index < -0.39 is 0 Å². The summed E-state index contributed by atoms with van der Waals surface area (Å²) in [6, 6.07) is 0.214. The Bertz CT molecular complexity index is 391. The van der Waals surface area contributed by atoms with E-state index >= 15 is 0 Å². The van der Waals surface area contributed by atoms with Gasteiger partial charge in [0, 0.05) is 24.8 Å². The summed E-state index contributed by atoms with van der Waals surface area (Å²) in [5.74, 6) is 0. The highest BCUT2D eigenvalue weighted by Gasteiger charge is 2.33. The molecule has 0 radical (unpaired) electrons. The molecule has 0 aromatic carbocycles. The lowest BCUT2D eigenvalue weighted by Crippen LogP contribution is -2.57. The summed E-state index contributed by atoms with van der Waals surface area (Å²) in [6.07, 6.45) is 10.1. The Morgan fingerprint density at radius 2 is 2.00 bits per heavy atom. The topological polar surface area (TPSA) is 47.1 Å². The Balaban J connectivity index is 1.88. The van der Waals surface area contributed by atoms with Crippen molar-refractivity contribution in [2.45, 2.75) is 57.5 Å². The molecule has 19 heavy (non-hydrogen) atoms. The Kier molecular flexibility index (Phi) is 4.63. The van der Waals surface area contributed by atoms with Gasteiger partial charge < -0.3 is 5.73 Å². The van der Waals surface area contributed by atoms with E-state index in [4.69, 9.17) is 5.73 Å². The van der Waals surface area contributed by atoms with Gasteiger partial charge in [0.25, 0.3) is 0 Å². The number of nitrogens with two attached hydrogens (primary N) is 1. The molecule has 2 heterocycles. The number of nitrogens with zero attached hydrogens (tertiary/aromatic N) is 3. The molecule has 108 valence electrons. The molecule has 4 heteroatoms. The molecule has 0 bridgehead atoms. The van der Waals surface area contributed by atoms with Crippen molar-refractivity contribution in [1.82, 2.24) is 14.7 Å². The molecule has 4 nitrogen and oxygen atoms in total. The Morgan fingerprint density at radius 3 is 2.58 bits per heavy atom. The molecule has 1 aliphatic heterocycles. The molecule has 1 aliphatic rings. The van der Waals surface area contributed by atoms with Crippen LogP contribution in [0.4, 0.5) is 0 Å². The van der Waals surface area contributed by atoms with E-state index in [0.29, 0.717) is 0 Å². The van der Waals surface area contributed by atoms with Crippen molar-refractivity contribution >= 4 is 0 Å². The van der Waals surface area contributed by atoms with E-state index in [2.05, 4.69) is 30.0 Å². The van der Waals surface area contributed by atoms with E-state index in [9.17, 15) is 0 Å². The average molecular weight is 264 g/mol. The van der Waals surface area contributed by atoms with Gasteiger partial charge in [0.05, 0.1) is 6.20 Å². The maximum atomic E-state index is 6.47. The summed E-state index contributed by atoms with van der Waals surface area (Å²) in [5.41, 5.74) is 7.85. The molecule has 0 spiro atoms. The van der Waals surface area contributed by atoms with Crippen LogP contribution in [0.2, 0.25) is 0 Å². The normalized spacial score (nSPS) is 19.6. The van der Waals surface area contributed by atoms with E-state index in [-0.39, 0.29) is 11.6 Å². The fourth-order valence-corrected chi connectivity index (χ4v) is 2.98. The van der Waals surface area contributed by atoms with Crippen molar-refractivity contribution in [3.8, 4) is 0 Å². The second-order valence-electron chi connectivity index (χ2n) is 6.37. The molecular weight excluding hydrogens is 236 g/mol. The summed E-state index contributed by atoms with van der Waals surface area (Å²) in [4.78, 5) is 2.57. The number of hydrogen-bond donors (Lipinski definition) is 1. The van der Waals surface area contributed by atoms with Crippen LogP contribution in [0.15, 0.2) is 12.4 Å². The van der Waals surface area contributed by atoms with Crippen LogP contribution >= 0.6 is 0 Å². The summed E-state index contributed by atoms with van der Waals surface area (Å²) >= 11 is 0.